The van der Waals surface area contributed by atoms with E-state index in [9.17, 15) is 13.6 Å². The average molecular weight is 224 g/mol. The first kappa shape index (κ1) is 10.7. The second-order valence-electron chi connectivity index (χ2n) is 3.89. The number of hydrogen-bond donors (Lipinski definition) is 1. The number of hydrogen-bond acceptors (Lipinski definition) is 2. The van der Waals surface area contributed by atoms with Gasteiger partial charge in [-0.25, -0.2) is 13.8 Å². The largest absolute Gasteiger partial charge is 0.310 e. The summed E-state index contributed by atoms with van der Waals surface area (Å²) in [6.45, 7) is 3.70. The fraction of sp³-hybridized carbons (Fsp3) is 0.273. The molecule has 0 unspecified atom stereocenters. The van der Waals surface area contributed by atoms with Gasteiger partial charge in [-0.3, -0.25) is 4.79 Å². The van der Waals surface area contributed by atoms with Gasteiger partial charge in [-0.05, 0) is 6.07 Å². The number of aromatic amines is 1. The predicted molar refractivity (Wildman–Crippen MR) is 56.4 cm³/mol. The van der Waals surface area contributed by atoms with Gasteiger partial charge in [-0.2, -0.15) is 0 Å². The summed E-state index contributed by atoms with van der Waals surface area (Å²) in [6, 6.07) is 1.80. The molecule has 2 rings (SSSR count). The molecule has 1 aromatic heterocycles. The van der Waals surface area contributed by atoms with Crippen LogP contribution in [0.2, 0.25) is 0 Å². The molecule has 0 fully saturated rings. The molecule has 0 aliphatic heterocycles. The molecule has 0 aliphatic carbocycles. The third kappa shape index (κ3) is 1.68. The molecule has 16 heavy (non-hydrogen) atoms. The van der Waals surface area contributed by atoms with E-state index in [1.54, 1.807) is 0 Å². The molecule has 0 saturated carbocycles. The lowest BCUT2D eigenvalue weighted by Gasteiger charge is -2.05. The first-order chi connectivity index (χ1) is 7.49. The highest BCUT2D eigenvalue weighted by atomic mass is 19.2. The van der Waals surface area contributed by atoms with Gasteiger partial charge in [-0.1, -0.05) is 13.8 Å². The van der Waals surface area contributed by atoms with E-state index in [0.29, 0.717) is 5.82 Å². The van der Waals surface area contributed by atoms with E-state index in [-0.39, 0.29) is 16.8 Å². The van der Waals surface area contributed by atoms with Crippen LogP contribution in [0.4, 0.5) is 8.78 Å². The molecule has 5 heteroatoms. The van der Waals surface area contributed by atoms with E-state index in [1.807, 2.05) is 13.8 Å². The molecule has 1 aromatic carbocycles. The molecular weight excluding hydrogens is 214 g/mol. The quantitative estimate of drug-likeness (QED) is 0.808. The molecule has 1 heterocycles. The molecule has 3 nitrogen and oxygen atoms in total. The third-order valence-corrected chi connectivity index (χ3v) is 2.31. The number of nitrogens with zero attached hydrogens (tertiary/aromatic N) is 1. The van der Waals surface area contributed by atoms with Crippen LogP contribution >= 0.6 is 0 Å². The Morgan fingerprint density at radius 1 is 1.25 bits per heavy atom. The fourth-order valence-corrected chi connectivity index (χ4v) is 1.43. The van der Waals surface area contributed by atoms with Crippen molar-refractivity contribution < 1.29 is 8.78 Å². The summed E-state index contributed by atoms with van der Waals surface area (Å²) in [6.07, 6.45) is 0. The van der Waals surface area contributed by atoms with Gasteiger partial charge < -0.3 is 4.98 Å². The summed E-state index contributed by atoms with van der Waals surface area (Å²) in [4.78, 5) is 18.2. The van der Waals surface area contributed by atoms with Crippen LogP contribution in [0.1, 0.15) is 25.6 Å². The normalized spacial score (nSPS) is 11.3. The summed E-state index contributed by atoms with van der Waals surface area (Å²) in [7, 11) is 0. The lowest BCUT2D eigenvalue weighted by Crippen LogP contribution is -2.13. The molecule has 0 atom stereocenters. The van der Waals surface area contributed by atoms with Crippen LogP contribution in [0, 0.1) is 11.6 Å². The second-order valence-corrected chi connectivity index (χ2v) is 3.89. The first-order valence-electron chi connectivity index (χ1n) is 4.88. The van der Waals surface area contributed by atoms with E-state index in [1.165, 1.54) is 0 Å². The average Bonchev–Trinajstić information content (AvgIpc) is 2.20. The van der Waals surface area contributed by atoms with Crippen molar-refractivity contribution in [2.75, 3.05) is 0 Å². The van der Waals surface area contributed by atoms with Crippen LogP contribution < -0.4 is 5.56 Å². The molecule has 0 bridgehead atoms. The molecule has 2 aromatic rings. The van der Waals surface area contributed by atoms with E-state index >= 15 is 0 Å². The SMILES string of the molecule is CC(C)c1nc2cc(F)c(F)cc2c(=O)[nH]1. The van der Waals surface area contributed by atoms with E-state index in [2.05, 4.69) is 9.97 Å². The maximum atomic E-state index is 13.0. The van der Waals surface area contributed by atoms with Crippen molar-refractivity contribution >= 4 is 10.9 Å². The van der Waals surface area contributed by atoms with Crippen molar-refractivity contribution in [3.8, 4) is 0 Å². The van der Waals surface area contributed by atoms with Crippen molar-refractivity contribution in [2.24, 2.45) is 0 Å². The summed E-state index contributed by atoms with van der Waals surface area (Å²) in [5.41, 5.74) is -0.279. The van der Waals surface area contributed by atoms with Gasteiger partial charge in [0.2, 0.25) is 0 Å². The number of halogens is 2. The minimum absolute atomic E-state index is 0.0187. The molecule has 0 spiro atoms. The van der Waals surface area contributed by atoms with Gasteiger partial charge in [-0.15, -0.1) is 0 Å². The smallest absolute Gasteiger partial charge is 0.258 e. The number of rotatable bonds is 1. The Hall–Kier alpha value is -1.78. The van der Waals surface area contributed by atoms with Crippen LogP contribution in [-0.2, 0) is 0 Å². The minimum atomic E-state index is -1.04. The standard InChI is InChI=1S/C11H10F2N2O/c1-5(2)10-14-9-4-8(13)7(12)3-6(9)11(16)15-10/h3-5H,1-2H3,(H,14,15,16). The Morgan fingerprint density at radius 2 is 1.88 bits per heavy atom. The number of nitrogens with one attached hydrogen (secondary N) is 1. The Labute approximate surface area is 90.1 Å². The van der Waals surface area contributed by atoms with Crippen LogP contribution in [0.3, 0.4) is 0 Å². The van der Waals surface area contributed by atoms with Crippen LogP contribution in [0.15, 0.2) is 16.9 Å². The molecule has 0 aliphatic rings. The van der Waals surface area contributed by atoms with Crippen molar-refractivity contribution in [3.63, 3.8) is 0 Å². The van der Waals surface area contributed by atoms with Crippen molar-refractivity contribution in [2.45, 2.75) is 19.8 Å². The molecular formula is C11H10F2N2O. The Morgan fingerprint density at radius 3 is 2.50 bits per heavy atom. The van der Waals surface area contributed by atoms with Gasteiger partial charge in [0.05, 0.1) is 10.9 Å². The maximum Gasteiger partial charge on any atom is 0.258 e. The van der Waals surface area contributed by atoms with E-state index < -0.39 is 17.2 Å². The first-order valence-corrected chi connectivity index (χ1v) is 4.88. The van der Waals surface area contributed by atoms with Crippen LogP contribution in [0.5, 0.6) is 0 Å². The minimum Gasteiger partial charge on any atom is -0.310 e. The fourth-order valence-electron chi connectivity index (χ4n) is 1.43. The number of H-pyrrole nitrogens is 1. The van der Waals surface area contributed by atoms with Gasteiger partial charge >= 0.3 is 0 Å². The van der Waals surface area contributed by atoms with Gasteiger partial charge in [0.15, 0.2) is 11.6 Å². The number of aromatic nitrogens is 2. The zero-order valence-electron chi connectivity index (χ0n) is 8.84. The molecule has 84 valence electrons. The molecule has 0 radical (unpaired) electrons. The Balaban J connectivity index is 2.82. The lowest BCUT2D eigenvalue weighted by molar-refractivity contribution is 0.510. The van der Waals surface area contributed by atoms with E-state index in [0.717, 1.165) is 12.1 Å². The number of fused-ring (bicyclic) bond motifs is 1. The van der Waals surface area contributed by atoms with Crippen molar-refractivity contribution in [1.29, 1.82) is 0 Å². The summed E-state index contributed by atoms with van der Waals surface area (Å²) < 4.78 is 25.9. The summed E-state index contributed by atoms with van der Waals surface area (Å²) in [5.74, 6) is -1.56. The molecule has 1 N–H and O–H groups in total. The predicted octanol–water partition coefficient (Wildman–Crippen LogP) is 2.32. The highest BCUT2D eigenvalue weighted by Gasteiger charge is 2.10. The third-order valence-electron chi connectivity index (χ3n) is 2.31. The zero-order chi connectivity index (χ0) is 11.9. The van der Waals surface area contributed by atoms with E-state index in [4.69, 9.17) is 0 Å². The highest BCUT2D eigenvalue weighted by molar-refractivity contribution is 5.77. The molecule has 0 amide bonds. The second kappa shape index (κ2) is 3.66. The van der Waals surface area contributed by atoms with Crippen LogP contribution in [-0.4, -0.2) is 9.97 Å². The van der Waals surface area contributed by atoms with Crippen molar-refractivity contribution in [1.82, 2.24) is 9.97 Å². The Kier molecular flexibility index (Phi) is 2.46. The topological polar surface area (TPSA) is 45.8 Å². The molecule has 0 saturated heterocycles. The zero-order valence-corrected chi connectivity index (χ0v) is 8.84. The number of benzene rings is 1. The summed E-state index contributed by atoms with van der Waals surface area (Å²) in [5, 5.41) is 0.0586. The summed E-state index contributed by atoms with van der Waals surface area (Å²) >= 11 is 0. The van der Waals surface area contributed by atoms with Gasteiger partial charge in [0, 0.05) is 12.0 Å². The van der Waals surface area contributed by atoms with Crippen molar-refractivity contribution in [3.05, 3.63) is 39.9 Å². The highest BCUT2D eigenvalue weighted by Crippen LogP contribution is 2.15. The maximum absolute atomic E-state index is 13.0. The van der Waals surface area contributed by atoms with Crippen LogP contribution in [0.25, 0.3) is 10.9 Å². The Bertz CT molecular complexity index is 605. The lowest BCUT2D eigenvalue weighted by atomic mass is 10.2. The van der Waals surface area contributed by atoms with Gasteiger partial charge in [0.25, 0.3) is 5.56 Å². The van der Waals surface area contributed by atoms with Gasteiger partial charge in [0.1, 0.15) is 5.82 Å². The monoisotopic (exact) mass is 224 g/mol.